The van der Waals surface area contributed by atoms with Crippen LogP contribution in [-0.4, -0.2) is 65.2 Å². The van der Waals surface area contributed by atoms with E-state index in [0.29, 0.717) is 35.4 Å². The number of hydrogen-bond donors (Lipinski definition) is 3. The van der Waals surface area contributed by atoms with Crippen molar-refractivity contribution in [1.82, 2.24) is 4.90 Å². The predicted molar refractivity (Wildman–Crippen MR) is 131 cm³/mol. The second kappa shape index (κ2) is 19.0. The number of carbonyl (C=O) groups is 4. The van der Waals surface area contributed by atoms with Crippen LogP contribution >= 0.6 is 0 Å². The van der Waals surface area contributed by atoms with Gasteiger partial charge in [-0.1, -0.05) is 33.1 Å². The van der Waals surface area contributed by atoms with Crippen LogP contribution in [0.1, 0.15) is 86.5 Å². The van der Waals surface area contributed by atoms with E-state index in [1.165, 1.54) is 4.90 Å². The lowest BCUT2D eigenvalue weighted by molar-refractivity contribution is -0.151. The Balaban J connectivity index is 0. The number of carbonyl (C=O) groups excluding carboxylic acids is 4. The Morgan fingerprint density at radius 2 is 1.03 bits per heavy atom. The summed E-state index contributed by atoms with van der Waals surface area (Å²) in [4.78, 5) is 45.6. The fraction of sp³-hybridized carbons (Fsp3) is 0.680. The summed E-state index contributed by atoms with van der Waals surface area (Å²) in [6.45, 7) is 8.35. The molecule has 2 heterocycles. The minimum atomic E-state index is -0.516. The minimum Gasteiger partial charge on any atom is -0.396 e. The van der Waals surface area contributed by atoms with Crippen LogP contribution in [0.15, 0.2) is 22.3 Å². The number of amides is 2. The first-order valence-corrected chi connectivity index (χ1v) is 11.5. The van der Waals surface area contributed by atoms with Crippen LogP contribution in [0.4, 0.5) is 0 Å². The Hall–Kier alpha value is -2.36. The lowest BCUT2D eigenvalue weighted by Crippen LogP contribution is -2.32. The van der Waals surface area contributed by atoms with Crippen LogP contribution < -0.4 is 5.73 Å². The fourth-order valence-electron chi connectivity index (χ4n) is 2.91. The van der Waals surface area contributed by atoms with Crippen LogP contribution in [0.5, 0.6) is 0 Å². The standard InChI is InChI=1S/C12H19NO3.C6H15NO.C6H6O3.CH4/c1-9-10(2)12(16)13(11(9)15)7-5-3-4-6-8-14;7-5-3-1-2-4-6-8;1-3-4(2)6(8)9-5(3)7;/h14H,3-8H2,1-2H3;8H,1-7H2;1-2H3;1H4. The molecule has 196 valence electrons. The Bertz CT molecular complexity index is 690. The van der Waals surface area contributed by atoms with Gasteiger partial charge in [0.1, 0.15) is 0 Å². The average Bonchev–Trinajstić information content (AvgIpc) is 3.13. The van der Waals surface area contributed by atoms with Gasteiger partial charge in [0, 0.05) is 42.1 Å². The number of esters is 2. The van der Waals surface area contributed by atoms with Crippen LogP contribution in [0.2, 0.25) is 0 Å². The number of nitrogens with zero attached hydrogens (tertiary/aromatic N) is 1. The molecule has 9 nitrogen and oxygen atoms in total. The van der Waals surface area contributed by atoms with Crippen LogP contribution in [0.25, 0.3) is 0 Å². The third-order valence-electron chi connectivity index (χ3n) is 5.46. The molecule has 0 aromatic heterocycles. The molecule has 34 heavy (non-hydrogen) atoms. The van der Waals surface area contributed by atoms with E-state index in [-0.39, 0.29) is 25.8 Å². The fourth-order valence-corrected chi connectivity index (χ4v) is 2.91. The number of ether oxygens (including phenoxy) is 1. The van der Waals surface area contributed by atoms with E-state index >= 15 is 0 Å². The number of unbranched alkanes of at least 4 members (excludes halogenated alkanes) is 6. The summed E-state index contributed by atoms with van der Waals surface area (Å²) in [5.74, 6) is -1.33. The van der Waals surface area contributed by atoms with Crippen molar-refractivity contribution in [3.8, 4) is 0 Å². The lowest BCUT2D eigenvalue weighted by atomic mass is 10.2. The van der Waals surface area contributed by atoms with E-state index < -0.39 is 11.9 Å². The molecule has 0 saturated carbocycles. The zero-order chi connectivity index (χ0) is 25.4. The van der Waals surface area contributed by atoms with Gasteiger partial charge in [0.15, 0.2) is 0 Å². The summed E-state index contributed by atoms with van der Waals surface area (Å²) in [5.41, 5.74) is 7.22. The molecular weight excluding hydrogens is 440 g/mol. The highest BCUT2D eigenvalue weighted by Gasteiger charge is 2.32. The lowest BCUT2D eigenvalue weighted by Gasteiger charge is -2.14. The summed E-state index contributed by atoms with van der Waals surface area (Å²) >= 11 is 0. The monoisotopic (exact) mass is 484 g/mol. The highest BCUT2D eigenvalue weighted by Crippen LogP contribution is 2.20. The van der Waals surface area contributed by atoms with Crippen molar-refractivity contribution < 1.29 is 34.1 Å². The Kier molecular flexibility index (Phi) is 18.9. The van der Waals surface area contributed by atoms with Crippen LogP contribution in [0, 0.1) is 0 Å². The number of nitrogens with two attached hydrogens (primary N) is 1. The maximum absolute atomic E-state index is 11.7. The third-order valence-corrected chi connectivity index (χ3v) is 5.46. The largest absolute Gasteiger partial charge is 0.396 e. The zero-order valence-electron chi connectivity index (χ0n) is 20.4. The number of imide groups is 1. The number of rotatable bonds is 11. The Labute approximate surface area is 204 Å². The summed E-state index contributed by atoms with van der Waals surface area (Å²) in [5, 5.41) is 16.9. The van der Waals surface area contributed by atoms with E-state index in [9.17, 15) is 19.2 Å². The maximum atomic E-state index is 11.7. The number of hydrogen-bond acceptors (Lipinski definition) is 8. The second-order valence-corrected chi connectivity index (χ2v) is 8.00. The van der Waals surface area contributed by atoms with Gasteiger partial charge in [-0.3, -0.25) is 14.5 Å². The van der Waals surface area contributed by atoms with Gasteiger partial charge in [-0.25, -0.2) is 9.59 Å². The summed E-state index contributed by atoms with van der Waals surface area (Å²) in [6.07, 6.45) is 7.80. The molecule has 2 amide bonds. The second-order valence-electron chi connectivity index (χ2n) is 8.00. The van der Waals surface area contributed by atoms with Crippen molar-refractivity contribution in [2.45, 2.75) is 86.5 Å². The average molecular weight is 485 g/mol. The molecule has 2 aliphatic heterocycles. The van der Waals surface area contributed by atoms with Crippen molar-refractivity contribution >= 4 is 23.8 Å². The molecule has 0 bridgehead atoms. The molecule has 0 radical (unpaired) electrons. The number of cyclic esters (lactones) is 2. The molecular formula is C25H44N2O7. The molecule has 9 heteroatoms. The van der Waals surface area contributed by atoms with E-state index in [4.69, 9.17) is 15.9 Å². The molecule has 0 aromatic rings. The van der Waals surface area contributed by atoms with E-state index in [0.717, 1.165) is 57.9 Å². The molecule has 0 fully saturated rings. The molecule has 0 spiro atoms. The van der Waals surface area contributed by atoms with E-state index in [2.05, 4.69) is 4.74 Å². The zero-order valence-corrected chi connectivity index (χ0v) is 20.4. The van der Waals surface area contributed by atoms with Gasteiger partial charge in [0.25, 0.3) is 11.8 Å². The van der Waals surface area contributed by atoms with Gasteiger partial charge in [-0.05, 0) is 59.9 Å². The van der Waals surface area contributed by atoms with Crippen molar-refractivity contribution in [2.75, 3.05) is 26.3 Å². The summed E-state index contributed by atoms with van der Waals surface area (Å²) in [7, 11) is 0. The number of aliphatic hydroxyl groups excluding tert-OH is 2. The third kappa shape index (κ3) is 11.7. The molecule has 0 saturated heterocycles. The molecule has 0 aliphatic carbocycles. The predicted octanol–water partition coefficient (Wildman–Crippen LogP) is 2.78. The molecule has 2 aliphatic rings. The molecule has 0 aromatic carbocycles. The highest BCUT2D eigenvalue weighted by molar-refractivity contribution is 6.18. The first-order chi connectivity index (χ1) is 15.6. The van der Waals surface area contributed by atoms with Gasteiger partial charge in [-0.15, -0.1) is 0 Å². The van der Waals surface area contributed by atoms with Gasteiger partial charge >= 0.3 is 11.9 Å². The van der Waals surface area contributed by atoms with Crippen molar-refractivity contribution in [3.05, 3.63) is 22.3 Å². The molecule has 0 unspecified atom stereocenters. The SMILES string of the molecule is C.CC1=C(C)C(=O)N(CCCCCCO)C1=O.CC1=C(C)C(=O)OC1=O.NCCCCCCO. The smallest absolute Gasteiger partial charge is 0.342 e. The topological polar surface area (TPSA) is 147 Å². The molecule has 2 rings (SSSR count). The Morgan fingerprint density at radius 3 is 1.35 bits per heavy atom. The quantitative estimate of drug-likeness (QED) is 0.175. The van der Waals surface area contributed by atoms with Crippen molar-refractivity contribution in [1.29, 1.82) is 0 Å². The Morgan fingerprint density at radius 1 is 0.647 bits per heavy atom. The van der Waals surface area contributed by atoms with E-state index in [1.54, 1.807) is 27.7 Å². The highest BCUT2D eigenvalue weighted by atomic mass is 16.6. The molecule has 4 N–H and O–H groups in total. The van der Waals surface area contributed by atoms with E-state index in [1.807, 2.05) is 0 Å². The van der Waals surface area contributed by atoms with Crippen LogP contribution in [0.3, 0.4) is 0 Å². The van der Waals surface area contributed by atoms with Crippen LogP contribution in [-0.2, 0) is 23.9 Å². The van der Waals surface area contributed by atoms with Crippen molar-refractivity contribution in [2.24, 2.45) is 5.73 Å². The first-order valence-electron chi connectivity index (χ1n) is 11.5. The minimum absolute atomic E-state index is 0. The maximum Gasteiger partial charge on any atom is 0.342 e. The van der Waals surface area contributed by atoms with Crippen molar-refractivity contribution in [3.63, 3.8) is 0 Å². The van der Waals surface area contributed by atoms with Gasteiger partial charge in [0.2, 0.25) is 0 Å². The first kappa shape index (κ1) is 33.8. The van der Waals surface area contributed by atoms with Gasteiger partial charge < -0.3 is 20.7 Å². The summed E-state index contributed by atoms with van der Waals surface area (Å²) in [6, 6.07) is 0. The van der Waals surface area contributed by atoms with Gasteiger partial charge in [-0.2, -0.15) is 0 Å². The summed E-state index contributed by atoms with van der Waals surface area (Å²) < 4.78 is 4.23. The number of aliphatic hydroxyl groups is 2. The van der Waals surface area contributed by atoms with Gasteiger partial charge in [0.05, 0.1) is 0 Å². The normalized spacial score (nSPS) is 15.1. The molecule has 0 atom stereocenters.